The lowest BCUT2D eigenvalue weighted by atomic mass is 9.97. The molecule has 3 atom stereocenters. The van der Waals surface area contributed by atoms with Crippen LogP contribution in [-0.4, -0.2) is 48.6 Å². The molecule has 4 heteroatoms. The summed E-state index contributed by atoms with van der Waals surface area (Å²) in [6.07, 6.45) is 7.12. The van der Waals surface area contributed by atoms with Gasteiger partial charge in [-0.1, -0.05) is 0 Å². The smallest absolute Gasteiger partial charge is 0.237 e. The Kier molecular flexibility index (Phi) is 3.34. The average Bonchev–Trinajstić information content (AvgIpc) is 2.99. The number of carbonyl (C=O) groups excluding carboxylic acids is 1. The third kappa shape index (κ3) is 2.47. The molecule has 0 spiro atoms. The minimum absolute atomic E-state index is 0.0802. The minimum atomic E-state index is 0.0802. The van der Waals surface area contributed by atoms with Crippen LogP contribution in [0.1, 0.15) is 38.5 Å². The summed E-state index contributed by atoms with van der Waals surface area (Å²) in [4.78, 5) is 14.6. The summed E-state index contributed by atoms with van der Waals surface area (Å²) < 4.78 is 0. The van der Waals surface area contributed by atoms with Gasteiger partial charge in [0.2, 0.25) is 5.91 Å². The fourth-order valence-corrected chi connectivity index (χ4v) is 3.57. The fourth-order valence-electron chi connectivity index (χ4n) is 3.57. The van der Waals surface area contributed by atoms with Crippen LogP contribution in [0, 0.1) is 0 Å². The Morgan fingerprint density at radius 3 is 2.94 bits per heavy atom. The number of piperidine rings is 1. The first-order chi connectivity index (χ1) is 8.33. The van der Waals surface area contributed by atoms with E-state index >= 15 is 0 Å². The van der Waals surface area contributed by atoms with Gasteiger partial charge in [-0.15, -0.1) is 0 Å². The normalized spacial score (nSPS) is 38.0. The first kappa shape index (κ1) is 11.5. The van der Waals surface area contributed by atoms with E-state index in [0.717, 1.165) is 31.8 Å². The van der Waals surface area contributed by atoms with Gasteiger partial charge in [-0.3, -0.25) is 4.79 Å². The number of carbonyl (C=O) groups is 1. The van der Waals surface area contributed by atoms with Gasteiger partial charge in [-0.05, 0) is 51.6 Å². The number of nitrogens with zero attached hydrogens (tertiary/aromatic N) is 1. The molecular formula is C13H23N3O. The van der Waals surface area contributed by atoms with Crippen LogP contribution in [-0.2, 0) is 4.79 Å². The van der Waals surface area contributed by atoms with Gasteiger partial charge in [0.15, 0.2) is 0 Å². The molecule has 3 saturated heterocycles. The van der Waals surface area contributed by atoms with Gasteiger partial charge in [0, 0.05) is 18.6 Å². The quantitative estimate of drug-likeness (QED) is 0.734. The van der Waals surface area contributed by atoms with E-state index in [1.807, 2.05) is 0 Å². The Balaban J connectivity index is 1.50. The average molecular weight is 237 g/mol. The first-order valence-corrected chi connectivity index (χ1v) is 7.11. The van der Waals surface area contributed by atoms with E-state index in [-0.39, 0.29) is 11.9 Å². The first-order valence-electron chi connectivity index (χ1n) is 7.11. The molecule has 0 saturated carbocycles. The number of nitrogens with one attached hydrogen (secondary N) is 2. The topological polar surface area (TPSA) is 44.4 Å². The molecule has 2 unspecified atom stereocenters. The lowest BCUT2D eigenvalue weighted by molar-refractivity contribution is -0.123. The largest absolute Gasteiger partial charge is 0.352 e. The molecule has 1 amide bonds. The second kappa shape index (κ2) is 4.94. The van der Waals surface area contributed by atoms with E-state index in [9.17, 15) is 4.79 Å². The highest BCUT2D eigenvalue weighted by atomic mass is 16.2. The highest BCUT2D eigenvalue weighted by molar-refractivity contribution is 5.82. The monoisotopic (exact) mass is 237 g/mol. The van der Waals surface area contributed by atoms with Crippen molar-refractivity contribution in [1.29, 1.82) is 0 Å². The van der Waals surface area contributed by atoms with Crippen molar-refractivity contribution in [2.75, 3.05) is 19.6 Å². The highest BCUT2D eigenvalue weighted by Gasteiger charge is 2.33. The summed E-state index contributed by atoms with van der Waals surface area (Å²) >= 11 is 0. The third-order valence-electron chi connectivity index (χ3n) is 4.54. The number of hydrogen-bond acceptors (Lipinski definition) is 3. The molecule has 96 valence electrons. The molecule has 17 heavy (non-hydrogen) atoms. The van der Waals surface area contributed by atoms with Gasteiger partial charge in [0.25, 0.3) is 0 Å². The van der Waals surface area contributed by atoms with Crippen molar-refractivity contribution in [3.8, 4) is 0 Å². The minimum Gasteiger partial charge on any atom is -0.352 e. The Hall–Kier alpha value is -0.610. The second-order valence-electron chi connectivity index (χ2n) is 5.71. The van der Waals surface area contributed by atoms with E-state index in [1.165, 1.54) is 32.4 Å². The number of hydrogen-bond donors (Lipinski definition) is 2. The molecule has 3 fully saturated rings. The van der Waals surface area contributed by atoms with Crippen molar-refractivity contribution >= 4 is 5.91 Å². The van der Waals surface area contributed by atoms with Crippen molar-refractivity contribution in [3.05, 3.63) is 0 Å². The number of amides is 1. The predicted octanol–water partition coefficient (Wildman–Crippen LogP) is 0.481. The van der Waals surface area contributed by atoms with Crippen LogP contribution in [0.3, 0.4) is 0 Å². The van der Waals surface area contributed by atoms with Crippen molar-refractivity contribution in [2.45, 2.75) is 56.7 Å². The molecule has 0 radical (unpaired) electrons. The molecule has 0 aromatic heterocycles. The lowest BCUT2D eigenvalue weighted by Gasteiger charge is -2.35. The number of rotatable bonds is 2. The van der Waals surface area contributed by atoms with E-state index in [1.54, 1.807) is 0 Å². The van der Waals surface area contributed by atoms with E-state index in [0.29, 0.717) is 6.04 Å². The summed E-state index contributed by atoms with van der Waals surface area (Å²) in [6.45, 7) is 3.45. The summed E-state index contributed by atoms with van der Waals surface area (Å²) in [7, 11) is 0. The summed E-state index contributed by atoms with van der Waals surface area (Å²) in [5, 5.41) is 6.52. The molecule has 3 heterocycles. The van der Waals surface area contributed by atoms with Crippen LogP contribution in [0.5, 0.6) is 0 Å². The van der Waals surface area contributed by atoms with E-state index < -0.39 is 0 Å². The van der Waals surface area contributed by atoms with Gasteiger partial charge in [-0.2, -0.15) is 0 Å². The van der Waals surface area contributed by atoms with Crippen molar-refractivity contribution in [3.63, 3.8) is 0 Å². The van der Waals surface area contributed by atoms with Gasteiger partial charge in [0.05, 0.1) is 6.04 Å². The predicted molar refractivity (Wildman–Crippen MR) is 66.8 cm³/mol. The maximum Gasteiger partial charge on any atom is 0.237 e. The van der Waals surface area contributed by atoms with Crippen molar-refractivity contribution in [2.24, 2.45) is 0 Å². The summed E-state index contributed by atoms with van der Waals surface area (Å²) in [5.74, 6) is 0.235. The Morgan fingerprint density at radius 1 is 1.18 bits per heavy atom. The molecule has 4 nitrogen and oxygen atoms in total. The van der Waals surface area contributed by atoms with Crippen LogP contribution in [0.25, 0.3) is 0 Å². The molecule has 0 aromatic rings. The zero-order chi connectivity index (χ0) is 11.7. The Labute approximate surface area is 103 Å². The zero-order valence-electron chi connectivity index (χ0n) is 10.5. The molecule has 3 aliphatic rings. The zero-order valence-corrected chi connectivity index (χ0v) is 10.5. The maximum absolute atomic E-state index is 12.0. The lowest BCUT2D eigenvalue weighted by Crippen LogP contribution is -2.51. The van der Waals surface area contributed by atoms with E-state index in [4.69, 9.17) is 0 Å². The van der Waals surface area contributed by atoms with Crippen LogP contribution in [0.15, 0.2) is 0 Å². The van der Waals surface area contributed by atoms with Gasteiger partial charge in [0.1, 0.15) is 0 Å². The SMILES string of the molecule is O=C(NC1CCN2CCCC2C1)[C@@H]1CCCN1. The Bertz CT molecular complexity index is 288. The fraction of sp³-hybridized carbons (Fsp3) is 0.923. The summed E-state index contributed by atoms with van der Waals surface area (Å²) in [5.41, 5.74) is 0. The molecule has 3 rings (SSSR count). The molecule has 0 aliphatic carbocycles. The number of fused-ring (bicyclic) bond motifs is 1. The molecule has 0 aromatic carbocycles. The van der Waals surface area contributed by atoms with Crippen LogP contribution < -0.4 is 10.6 Å². The maximum atomic E-state index is 12.0. The van der Waals surface area contributed by atoms with Crippen molar-refractivity contribution < 1.29 is 4.79 Å². The molecule has 0 bridgehead atoms. The van der Waals surface area contributed by atoms with Crippen molar-refractivity contribution in [1.82, 2.24) is 15.5 Å². The van der Waals surface area contributed by atoms with Crippen LogP contribution >= 0.6 is 0 Å². The Morgan fingerprint density at radius 2 is 2.12 bits per heavy atom. The van der Waals surface area contributed by atoms with Gasteiger partial charge < -0.3 is 15.5 Å². The third-order valence-corrected chi connectivity index (χ3v) is 4.54. The molecule has 3 aliphatic heterocycles. The molecule has 2 N–H and O–H groups in total. The standard InChI is InChI=1S/C13H23N3O/c17-13(12-4-1-6-14-12)15-10-5-8-16-7-2-3-11(16)9-10/h10-12,14H,1-9H2,(H,15,17)/t10?,11?,12-/m0/s1. The van der Waals surface area contributed by atoms with Gasteiger partial charge >= 0.3 is 0 Å². The van der Waals surface area contributed by atoms with Crippen LogP contribution in [0.4, 0.5) is 0 Å². The van der Waals surface area contributed by atoms with Crippen LogP contribution in [0.2, 0.25) is 0 Å². The van der Waals surface area contributed by atoms with Gasteiger partial charge in [-0.25, -0.2) is 0 Å². The van der Waals surface area contributed by atoms with E-state index in [2.05, 4.69) is 15.5 Å². The molecular weight excluding hydrogens is 214 g/mol. The highest BCUT2D eigenvalue weighted by Crippen LogP contribution is 2.26. The second-order valence-corrected chi connectivity index (χ2v) is 5.71. The summed E-state index contributed by atoms with van der Waals surface area (Å²) in [6, 6.07) is 1.24.